The quantitative estimate of drug-likeness (QED) is 0.644. The normalized spacial score (nSPS) is 11.7. The predicted molar refractivity (Wildman–Crippen MR) is 112 cm³/mol. The number of likely N-dealkylation sites (N-methyl/N-ethyl adjacent to an activating group) is 1. The molecular weight excluding hydrogens is 388 g/mol. The van der Waals surface area contributed by atoms with Crippen LogP contribution in [0.4, 0.5) is 0 Å². The average Bonchev–Trinajstić information content (AvgIpc) is 2.60. The lowest BCUT2D eigenvalue weighted by molar-refractivity contribution is -0.136. The number of benzene rings is 2. The highest BCUT2D eigenvalue weighted by atomic mass is 79.9. The fraction of sp³-hybridized carbons (Fsp3) is 0.409. The van der Waals surface area contributed by atoms with Gasteiger partial charge in [0.15, 0.2) is 0 Å². The van der Waals surface area contributed by atoms with Crippen LogP contribution in [0.1, 0.15) is 37.5 Å². The zero-order valence-corrected chi connectivity index (χ0v) is 18.0. The third-order valence-electron chi connectivity index (χ3n) is 4.66. The molecule has 0 aliphatic heterocycles. The maximum absolute atomic E-state index is 13.2. The largest absolute Gasteiger partial charge is 0.338 e. The second-order valence-corrected chi connectivity index (χ2v) is 8.42. The summed E-state index contributed by atoms with van der Waals surface area (Å²) >= 11 is 3.46. The first-order valence-corrected chi connectivity index (χ1v) is 9.81. The Bertz CT molecular complexity index is 721. The van der Waals surface area contributed by atoms with Crippen LogP contribution in [-0.2, 0) is 23.3 Å². The number of nitrogens with zero attached hydrogens (tertiary/aromatic N) is 2. The summed E-state index contributed by atoms with van der Waals surface area (Å²) in [5, 5.41) is 0. The molecule has 0 aliphatic rings. The van der Waals surface area contributed by atoms with Gasteiger partial charge in [0.1, 0.15) is 0 Å². The van der Waals surface area contributed by atoms with Crippen LogP contribution >= 0.6 is 15.9 Å². The van der Waals surface area contributed by atoms with Crippen molar-refractivity contribution in [2.75, 3.05) is 20.6 Å². The Hall–Kier alpha value is -1.65. The Morgan fingerprint density at radius 1 is 0.923 bits per heavy atom. The van der Waals surface area contributed by atoms with Crippen molar-refractivity contribution < 1.29 is 4.79 Å². The van der Waals surface area contributed by atoms with E-state index in [4.69, 9.17) is 0 Å². The van der Waals surface area contributed by atoms with Crippen LogP contribution in [0.3, 0.4) is 0 Å². The number of amides is 1. The minimum absolute atomic E-state index is 0.152. The smallest absolute Gasteiger partial charge is 0.232 e. The van der Waals surface area contributed by atoms with Crippen LogP contribution in [0.2, 0.25) is 0 Å². The Labute approximate surface area is 166 Å². The van der Waals surface area contributed by atoms with Gasteiger partial charge >= 0.3 is 0 Å². The molecule has 0 atom stereocenters. The molecule has 1 amide bonds. The summed E-state index contributed by atoms with van der Waals surface area (Å²) in [6.45, 7) is 8.29. The second kappa shape index (κ2) is 8.83. The van der Waals surface area contributed by atoms with Gasteiger partial charge in [-0.15, -0.1) is 0 Å². The number of hydrogen-bond acceptors (Lipinski definition) is 2. The van der Waals surface area contributed by atoms with Crippen LogP contribution < -0.4 is 0 Å². The van der Waals surface area contributed by atoms with Gasteiger partial charge in [-0.05, 0) is 63.7 Å². The van der Waals surface area contributed by atoms with E-state index in [1.165, 1.54) is 5.56 Å². The Kier molecular flexibility index (Phi) is 7.01. The van der Waals surface area contributed by atoms with Crippen molar-refractivity contribution in [3.8, 4) is 0 Å². The molecule has 140 valence electrons. The van der Waals surface area contributed by atoms with Crippen molar-refractivity contribution in [2.24, 2.45) is 0 Å². The van der Waals surface area contributed by atoms with E-state index in [-0.39, 0.29) is 5.91 Å². The molecule has 2 rings (SSSR count). The van der Waals surface area contributed by atoms with Gasteiger partial charge in [-0.1, -0.05) is 52.3 Å². The van der Waals surface area contributed by atoms with Crippen molar-refractivity contribution >= 4 is 21.8 Å². The lowest BCUT2D eigenvalue weighted by Crippen LogP contribution is -2.43. The zero-order valence-electron chi connectivity index (χ0n) is 16.4. The maximum atomic E-state index is 13.2. The molecule has 0 radical (unpaired) electrons. The van der Waals surface area contributed by atoms with Crippen LogP contribution in [0.25, 0.3) is 0 Å². The van der Waals surface area contributed by atoms with Gasteiger partial charge in [0, 0.05) is 24.1 Å². The molecule has 2 aromatic rings. The molecule has 2 aromatic carbocycles. The van der Waals surface area contributed by atoms with E-state index in [1.54, 1.807) is 0 Å². The highest BCUT2D eigenvalue weighted by Gasteiger charge is 2.33. The number of halogens is 1. The molecule has 26 heavy (non-hydrogen) atoms. The molecular formula is C22H29BrN2O. The monoisotopic (exact) mass is 416 g/mol. The second-order valence-electron chi connectivity index (χ2n) is 7.51. The van der Waals surface area contributed by atoms with E-state index in [2.05, 4.69) is 59.2 Å². The molecule has 0 saturated carbocycles. The van der Waals surface area contributed by atoms with E-state index < -0.39 is 5.41 Å². The number of hydrogen-bond donors (Lipinski definition) is 0. The van der Waals surface area contributed by atoms with Gasteiger partial charge in [0.05, 0.1) is 5.41 Å². The third-order valence-corrected chi connectivity index (χ3v) is 5.19. The highest BCUT2D eigenvalue weighted by molar-refractivity contribution is 9.10. The first-order chi connectivity index (χ1) is 12.2. The van der Waals surface area contributed by atoms with E-state index in [9.17, 15) is 4.79 Å². The van der Waals surface area contributed by atoms with Gasteiger partial charge in [0.2, 0.25) is 5.91 Å². The van der Waals surface area contributed by atoms with Crippen LogP contribution in [-0.4, -0.2) is 36.3 Å². The minimum Gasteiger partial charge on any atom is -0.338 e. The molecule has 0 aliphatic carbocycles. The highest BCUT2D eigenvalue weighted by Crippen LogP contribution is 2.28. The topological polar surface area (TPSA) is 23.6 Å². The van der Waals surface area contributed by atoms with Gasteiger partial charge < -0.3 is 9.80 Å². The van der Waals surface area contributed by atoms with E-state index in [0.717, 1.165) is 22.1 Å². The Balaban J connectivity index is 2.13. The van der Waals surface area contributed by atoms with Gasteiger partial charge in [0.25, 0.3) is 0 Å². The average molecular weight is 417 g/mol. The lowest BCUT2D eigenvalue weighted by atomic mass is 9.83. The van der Waals surface area contributed by atoms with Crippen molar-refractivity contribution in [3.63, 3.8) is 0 Å². The van der Waals surface area contributed by atoms with E-state index in [1.807, 2.05) is 49.9 Å². The molecule has 0 spiro atoms. The molecule has 0 heterocycles. The molecule has 0 saturated heterocycles. The summed E-state index contributed by atoms with van der Waals surface area (Å²) < 4.78 is 1.02. The van der Waals surface area contributed by atoms with Crippen LogP contribution in [0.15, 0.2) is 53.0 Å². The minimum atomic E-state index is -0.554. The van der Waals surface area contributed by atoms with Gasteiger partial charge in [-0.2, -0.15) is 0 Å². The van der Waals surface area contributed by atoms with Gasteiger partial charge in [-0.3, -0.25) is 4.79 Å². The summed E-state index contributed by atoms with van der Waals surface area (Å²) in [7, 11) is 4.13. The number of rotatable bonds is 7. The Morgan fingerprint density at radius 3 is 1.88 bits per heavy atom. The third kappa shape index (κ3) is 5.18. The zero-order chi connectivity index (χ0) is 19.3. The first kappa shape index (κ1) is 20.7. The molecule has 0 bridgehead atoms. The fourth-order valence-corrected chi connectivity index (χ4v) is 3.31. The summed E-state index contributed by atoms with van der Waals surface area (Å²) in [6.07, 6.45) is 0. The molecule has 0 aromatic heterocycles. The predicted octanol–water partition coefficient (Wildman–Crippen LogP) is 4.84. The van der Waals surface area contributed by atoms with Crippen molar-refractivity contribution in [1.82, 2.24) is 9.80 Å². The van der Waals surface area contributed by atoms with E-state index >= 15 is 0 Å². The standard InChI is InChI=1S/C22H29BrN2O/c1-6-25(16-18-9-7-17(8-10-18)15-24(4)5)21(26)22(2,3)19-11-13-20(23)14-12-19/h7-14H,6,15-16H2,1-5H3. The van der Waals surface area contributed by atoms with E-state index in [0.29, 0.717) is 13.1 Å². The maximum Gasteiger partial charge on any atom is 0.232 e. The fourth-order valence-electron chi connectivity index (χ4n) is 3.05. The van der Waals surface area contributed by atoms with Gasteiger partial charge in [-0.25, -0.2) is 0 Å². The molecule has 4 heteroatoms. The number of carbonyl (C=O) groups is 1. The summed E-state index contributed by atoms with van der Waals surface area (Å²) in [4.78, 5) is 17.3. The van der Waals surface area contributed by atoms with Crippen molar-refractivity contribution in [1.29, 1.82) is 0 Å². The molecule has 0 unspecified atom stereocenters. The number of carbonyl (C=O) groups excluding carboxylic acids is 1. The SMILES string of the molecule is CCN(Cc1ccc(CN(C)C)cc1)C(=O)C(C)(C)c1ccc(Br)cc1. The molecule has 0 fully saturated rings. The summed E-state index contributed by atoms with van der Waals surface area (Å²) in [5.74, 6) is 0.152. The van der Waals surface area contributed by atoms with Crippen LogP contribution in [0, 0.1) is 0 Å². The van der Waals surface area contributed by atoms with Crippen LogP contribution in [0.5, 0.6) is 0 Å². The molecule has 0 N–H and O–H groups in total. The lowest BCUT2D eigenvalue weighted by Gasteiger charge is -2.32. The summed E-state index contributed by atoms with van der Waals surface area (Å²) in [5.41, 5.74) is 2.92. The Morgan fingerprint density at radius 2 is 1.42 bits per heavy atom. The first-order valence-electron chi connectivity index (χ1n) is 9.02. The summed E-state index contributed by atoms with van der Waals surface area (Å²) in [6, 6.07) is 16.6. The molecule has 3 nitrogen and oxygen atoms in total. The van der Waals surface area contributed by atoms with Crippen molar-refractivity contribution in [2.45, 2.75) is 39.3 Å². The van der Waals surface area contributed by atoms with Crippen molar-refractivity contribution in [3.05, 3.63) is 69.7 Å².